The van der Waals surface area contributed by atoms with Crippen LogP contribution in [0.1, 0.15) is 24.8 Å². The van der Waals surface area contributed by atoms with Crippen LogP contribution in [0, 0.1) is 0 Å². The van der Waals surface area contributed by atoms with Gasteiger partial charge in [0.2, 0.25) is 5.91 Å². The van der Waals surface area contributed by atoms with E-state index >= 15 is 0 Å². The smallest absolute Gasteiger partial charge is 0.222 e. The summed E-state index contributed by atoms with van der Waals surface area (Å²) in [5, 5.41) is 6.34. The van der Waals surface area contributed by atoms with Gasteiger partial charge < -0.3 is 15.4 Å². The molecule has 1 aromatic carbocycles. The summed E-state index contributed by atoms with van der Waals surface area (Å²) in [5.74, 6) is 0.0972. The number of carbonyl (C=O) groups excluding carboxylic acids is 1. The molecular formula is C15H22N2O2. The first-order valence-corrected chi connectivity index (χ1v) is 6.96. The zero-order chi connectivity index (χ0) is 13.3. The number of carbonyl (C=O) groups is 1. The van der Waals surface area contributed by atoms with Crippen LogP contribution in [0.5, 0.6) is 0 Å². The molecule has 4 nitrogen and oxygen atoms in total. The highest BCUT2D eigenvalue weighted by Gasteiger charge is 2.14. The number of nitrogens with one attached hydrogen (secondary N) is 2. The lowest BCUT2D eigenvalue weighted by Gasteiger charge is -2.23. The van der Waals surface area contributed by atoms with Crippen molar-refractivity contribution >= 4 is 5.91 Å². The number of piperidine rings is 1. The second-order valence-electron chi connectivity index (χ2n) is 4.88. The van der Waals surface area contributed by atoms with E-state index in [1.54, 1.807) is 0 Å². The molecule has 0 unspecified atom stereocenters. The summed E-state index contributed by atoms with van der Waals surface area (Å²) in [5.41, 5.74) is 1.14. The van der Waals surface area contributed by atoms with E-state index in [1.807, 2.05) is 30.3 Å². The second-order valence-corrected chi connectivity index (χ2v) is 4.88. The molecule has 1 aromatic rings. The van der Waals surface area contributed by atoms with E-state index in [0.29, 0.717) is 25.7 Å². The first-order valence-electron chi connectivity index (χ1n) is 6.96. The van der Waals surface area contributed by atoms with E-state index < -0.39 is 0 Å². The number of benzene rings is 1. The van der Waals surface area contributed by atoms with E-state index in [4.69, 9.17) is 4.74 Å². The van der Waals surface area contributed by atoms with Gasteiger partial charge in [0, 0.05) is 12.5 Å². The van der Waals surface area contributed by atoms with Gasteiger partial charge in [0.15, 0.2) is 0 Å². The third kappa shape index (κ3) is 5.41. The van der Waals surface area contributed by atoms with Gasteiger partial charge in [0.05, 0.1) is 13.2 Å². The van der Waals surface area contributed by atoms with E-state index in [-0.39, 0.29) is 5.91 Å². The first-order chi connectivity index (χ1) is 9.34. The Kier molecular flexibility index (Phi) is 5.85. The van der Waals surface area contributed by atoms with Gasteiger partial charge in [-0.25, -0.2) is 0 Å². The largest absolute Gasteiger partial charge is 0.376 e. The second kappa shape index (κ2) is 7.92. The SMILES string of the molecule is O=C(CCOCc1ccccc1)NC1CCNCC1. The zero-order valence-corrected chi connectivity index (χ0v) is 11.2. The molecular weight excluding hydrogens is 240 g/mol. The maximum Gasteiger partial charge on any atom is 0.222 e. The maximum atomic E-state index is 11.7. The Morgan fingerprint density at radius 2 is 2.00 bits per heavy atom. The molecule has 1 fully saturated rings. The third-order valence-corrected chi connectivity index (χ3v) is 3.29. The van der Waals surface area contributed by atoms with Gasteiger partial charge >= 0.3 is 0 Å². The average molecular weight is 262 g/mol. The molecule has 0 radical (unpaired) electrons. The number of ether oxygens (including phenoxy) is 1. The van der Waals surface area contributed by atoms with Gasteiger partial charge in [-0.3, -0.25) is 4.79 Å². The number of hydrogen-bond acceptors (Lipinski definition) is 3. The molecule has 0 spiro atoms. The van der Waals surface area contributed by atoms with Crippen molar-refractivity contribution < 1.29 is 9.53 Å². The molecule has 0 aliphatic carbocycles. The Labute approximate surface area is 114 Å². The van der Waals surface area contributed by atoms with Crippen LogP contribution < -0.4 is 10.6 Å². The number of rotatable bonds is 6. The van der Waals surface area contributed by atoms with Crippen molar-refractivity contribution in [2.24, 2.45) is 0 Å². The fourth-order valence-electron chi connectivity index (χ4n) is 2.20. The normalized spacial score (nSPS) is 16.2. The fraction of sp³-hybridized carbons (Fsp3) is 0.533. The van der Waals surface area contributed by atoms with Crippen LogP contribution in [-0.2, 0) is 16.1 Å². The predicted octanol–water partition coefficient (Wildman–Crippen LogP) is 1.46. The lowest BCUT2D eigenvalue weighted by Crippen LogP contribution is -2.42. The van der Waals surface area contributed by atoms with E-state index in [1.165, 1.54) is 0 Å². The Morgan fingerprint density at radius 1 is 1.26 bits per heavy atom. The molecule has 104 valence electrons. The highest BCUT2D eigenvalue weighted by Crippen LogP contribution is 2.03. The molecule has 1 aliphatic heterocycles. The van der Waals surface area contributed by atoms with Gasteiger partial charge in [-0.1, -0.05) is 30.3 Å². The minimum Gasteiger partial charge on any atom is -0.376 e. The lowest BCUT2D eigenvalue weighted by molar-refractivity contribution is -0.123. The molecule has 1 aliphatic rings. The molecule has 19 heavy (non-hydrogen) atoms. The van der Waals surface area contributed by atoms with Crippen molar-refractivity contribution in [3.05, 3.63) is 35.9 Å². The van der Waals surface area contributed by atoms with Gasteiger partial charge in [0.1, 0.15) is 0 Å². The molecule has 1 amide bonds. The minimum absolute atomic E-state index is 0.0972. The Morgan fingerprint density at radius 3 is 2.74 bits per heavy atom. The minimum atomic E-state index is 0.0972. The predicted molar refractivity (Wildman–Crippen MR) is 74.7 cm³/mol. The van der Waals surface area contributed by atoms with Crippen LogP contribution in [0.3, 0.4) is 0 Å². The summed E-state index contributed by atoms with van der Waals surface area (Å²) < 4.78 is 5.51. The molecule has 4 heteroatoms. The zero-order valence-electron chi connectivity index (χ0n) is 11.2. The molecule has 2 rings (SSSR count). The highest BCUT2D eigenvalue weighted by molar-refractivity contribution is 5.76. The third-order valence-electron chi connectivity index (χ3n) is 3.29. The van der Waals surface area contributed by atoms with E-state index in [9.17, 15) is 4.79 Å². The van der Waals surface area contributed by atoms with Crippen molar-refractivity contribution in [2.45, 2.75) is 31.9 Å². The summed E-state index contributed by atoms with van der Waals surface area (Å²) in [4.78, 5) is 11.7. The van der Waals surface area contributed by atoms with E-state index in [2.05, 4.69) is 10.6 Å². The monoisotopic (exact) mass is 262 g/mol. The van der Waals surface area contributed by atoms with Crippen molar-refractivity contribution in [2.75, 3.05) is 19.7 Å². The van der Waals surface area contributed by atoms with Gasteiger partial charge in [-0.15, -0.1) is 0 Å². The number of amides is 1. The van der Waals surface area contributed by atoms with E-state index in [0.717, 1.165) is 31.5 Å². The topological polar surface area (TPSA) is 50.4 Å². The Balaban J connectivity index is 1.56. The van der Waals surface area contributed by atoms with Crippen LogP contribution in [0.2, 0.25) is 0 Å². The molecule has 0 saturated carbocycles. The summed E-state index contributed by atoms with van der Waals surface area (Å²) in [7, 11) is 0. The molecule has 2 N–H and O–H groups in total. The van der Waals surface area contributed by atoms with Gasteiger partial charge in [-0.2, -0.15) is 0 Å². The van der Waals surface area contributed by atoms with Crippen LogP contribution in [-0.4, -0.2) is 31.6 Å². The van der Waals surface area contributed by atoms with Crippen LogP contribution in [0.4, 0.5) is 0 Å². The molecule has 0 atom stereocenters. The van der Waals surface area contributed by atoms with Gasteiger partial charge in [-0.05, 0) is 31.5 Å². The number of hydrogen-bond donors (Lipinski definition) is 2. The van der Waals surface area contributed by atoms with Crippen molar-refractivity contribution in [1.82, 2.24) is 10.6 Å². The summed E-state index contributed by atoms with van der Waals surface area (Å²) in [6, 6.07) is 10.3. The lowest BCUT2D eigenvalue weighted by atomic mass is 10.1. The van der Waals surface area contributed by atoms with Crippen LogP contribution in [0.25, 0.3) is 0 Å². The quantitative estimate of drug-likeness (QED) is 0.763. The van der Waals surface area contributed by atoms with Crippen LogP contribution >= 0.6 is 0 Å². The maximum absolute atomic E-state index is 11.7. The standard InChI is InChI=1S/C15H22N2O2/c18-15(17-14-6-9-16-10-7-14)8-11-19-12-13-4-2-1-3-5-13/h1-5,14,16H,6-12H2,(H,17,18). The molecule has 0 aromatic heterocycles. The summed E-state index contributed by atoms with van der Waals surface area (Å²) >= 11 is 0. The molecule has 1 saturated heterocycles. The molecule has 1 heterocycles. The average Bonchev–Trinajstić information content (AvgIpc) is 2.46. The molecule has 0 bridgehead atoms. The Hall–Kier alpha value is -1.39. The Bertz CT molecular complexity index is 375. The fourth-order valence-corrected chi connectivity index (χ4v) is 2.20. The summed E-state index contributed by atoms with van der Waals surface area (Å²) in [6.45, 7) is 3.04. The van der Waals surface area contributed by atoms with Crippen molar-refractivity contribution in [1.29, 1.82) is 0 Å². The highest BCUT2D eigenvalue weighted by atomic mass is 16.5. The van der Waals surface area contributed by atoms with Gasteiger partial charge in [0.25, 0.3) is 0 Å². The van der Waals surface area contributed by atoms with Crippen molar-refractivity contribution in [3.63, 3.8) is 0 Å². The first kappa shape index (κ1) is 14.0. The van der Waals surface area contributed by atoms with Crippen molar-refractivity contribution in [3.8, 4) is 0 Å². The van der Waals surface area contributed by atoms with Crippen LogP contribution in [0.15, 0.2) is 30.3 Å². The summed E-state index contributed by atoms with van der Waals surface area (Å²) in [6.07, 6.45) is 2.49.